The molecule has 0 unspecified atom stereocenters. The van der Waals surface area contributed by atoms with Crippen molar-refractivity contribution >= 4 is 16.8 Å². The molecule has 0 amide bonds. The average Bonchev–Trinajstić information content (AvgIpc) is 2.24. The Labute approximate surface area is 88.6 Å². The van der Waals surface area contributed by atoms with Crippen LogP contribution in [0.1, 0.15) is 0 Å². The van der Waals surface area contributed by atoms with Gasteiger partial charge in [-0.15, -0.1) is 0 Å². The van der Waals surface area contributed by atoms with Crippen LogP contribution < -0.4 is 0 Å². The largest absolute Gasteiger partial charge is 3.00 e. The van der Waals surface area contributed by atoms with Crippen LogP contribution in [0.2, 0.25) is 0 Å². The Morgan fingerprint density at radius 3 is 0.786 bits per heavy atom. The van der Waals surface area contributed by atoms with Crippen LogP contribution in [0, 0.1) is 0 Å². The summed E-state index contributed by atoms with van der Waals surface area (Å²) in [6.45, 7) is 0. The summed E-state index contributed by atoms with van der Waals surface area (Å²) in [6.07, 6.45) is 7.00. The van der Waals surface area contributed by atoms with Crippen molar-refractivity contribution in [1.82, 2.24) is 9.97 Å². The molecule has 0 fully saturated rings. The zero-order chi connectivity index (χ0) is 8.49. The van der Waals surface area contributed by atoms with Crippen LogP contribution in [0.4, 0.5) is 0 Å². The van der Waals surface area contributed by atoms with Gasteiger partial charge in [0.1, 0.15) is 0 Å². The number of aromatic nitrogens is 2. The van der Waals surface area contributed by atoms with Crippen molar-refractivity contribution in [3.8, 4) is 0 Å². The van der Waals surface area contributed by atoms with Crippen LogP contribution in [0.5, 0.6) is 0 Å². The van der Waals surface area contributed by atoms with Gasteiger partial charge in [0.2, 0.25) is 0 Å². The molecule has 14 heavy (non-hydrogen) atoms. The first-order valence-corrected chi connectivity index (χ1v) is 3.70. The van der Waals surface area contributed by atoms with Crippen molar-refractivity contribution in [2.24, 2.45) is 0 Å². The molecule has 2 rings (SSSR count). The number of hydrogen-bond acceptors (Lipinski definition) is 2. The third-order valence-corrected chi connectivity index (χ3v) is 1.13. The van der Waals surface area contributed by atoms with Crippen molar-refractivity contribution in [3.63, 3.8) is 0 Å². The number of pyridine rings is 2. The molecule has 0 N–H and O–H groups in total. The number of rotatable bonds is 0. The van der Waals surface area contributed by atoms with E-state index < -0.39 is 0 Å². The summed E-state index contributed by atoms with van der Waals surface area (Å²) in [7, 11) is 0. The summed E-state index contributed by atoms with van der Waals surface area (Å²) < 4.78 is 0. The Bertz CT molecular complexity index is 192. The van der Waals surface area contributed by atoms with Gasteiger partial charge in [-0.2, -0.15) is 0 Å². The minimum Gasteiger partial charge on any atom is -0.265 e. The van der Waals surface area contributed by atoms with Crippen LogP contribution in [-0.2, 0) is 0 Å². The monoisotopic (exact) mass is 180 g/mol. The molecule has 0 atom stereocenters. The van der Waals surface area contributed by atoms with Gasteiger partial charge in [0, 0.05) is 24.8 Å². The fraction of sp³-hybridized carbons (Fsp3) is 0. The molecule has 0 bridgehead atoms. The molecule has 0 aliphatic rings. The average molecular weight is 180 g/mol. The first-order chi connectivity index (χ1) is 6.00. The molecule has 2 heterocycles. The molecule has 0 aliphatic heterocycles. The molecule has 0 radical (unpaired) electrons. The predicted octanol–water partition coefficient (Wildman–Crippen LogP) is 1.40. The molecule has 60 valence electrons. The summed E-state index contributed by atoms with van der Waals surface area (Å²) in [5.74, 6) is 0. The van der Waals surface area contributed by atoms with Crippen molar-refractivity contribution in [2.45, 2.75) is 0 Å². The molecule has 2 aromatic rings. The Balaban J connectivity index is 0. The van der Waals surface area contributed by atoms with Crippen LogP contribution in [-0.4, -0.2) is 26.8 Å². The van der Waals surface area contributed by atoms with Crippen molar-refractivity contribution in [3.05, 3.63) is 61.2 Å². The van der Waals surface area contributed by atoms with Gasteiger partial charge < -0.3 is 0 Å². The predicted molar refractivity (Wildman–Crippen MR) is 60.0 cm³/mol. The number of hydrogen-bond donors (Lipinski definition) is 0. The third-order valence-electron chi connectivity index (χ3n) is 1.13. The zero-order valence-corrected chi connectivity index (χ0v) is 7.82. The molecule has 4 heteroatoms. The summed E-state index contributed by atoms with van der Waals surface area (Å²) in [6, 6.07) is 11.4. The Morgan fingerprint density at radius 2 is 0.714 bits per heavy atom. The summed E-state index contributed by atoms with van der Waals surface area (Å²) >= 11 is 0. The van der Waals surface area contributed by atoms with Gasteiger partial charge in [-0.3, -0.25) is 9.97 Å². The van der Waals surface area contributed by atoms with Gasteiger partial charge in [0.15, 0.2) is 0 Å². The fourth-order valence-corrected chi connectivity index (χ4v) is 0.625. The molecule has 2 nitrogen and oxygen atoms in total. The Morgan fingerprint density at radius 1 is 0.429 bits per heavy atom. The molecule has 2 aromatic heterocycles. The molecule has 0 saturated heterocycles. The quantitative estimate of drug-likeness (QED) is 0.572. The van der Waals surface area contributed by atoms with Crippen LogP contribution in [0.25, 0.3) is 0 Å². The second kappa shape index (κ2) is 11.4. The zero-order valence-electron chi connectivity index (χ0n) is 7.82. The van der Waals surface area contributed by atoms with Crippen molar-refractivity contribution in [1.29, 1.82) is 0 Å². The molecule has 0 aliphatic carbocycles. The smallest absolute Gasteiger partial charge is 0.265 e. The van der Waals surface area contributed by atoms with Gasteiger partial charge in [-0.1, -0.05) is 12.1 Å². The Kier molecular flexibility index (Phi) is 12.2. The maximum Gasteiger partial charge on any atom is 3.00 e. The summed E-state index contributed by atoms with van der Waals surface area (Å²) in [5, 5.41) is 0. The summed E-state index contributed by atoms with van der Waals surface area (Å²) in [5.41, 5.74) is 0. The Hall–Kier alpha value is -1.57. The van der Waals surface area contributed by atoms with E-state index >= 15 is 0 Å². The standard InChI is InChI=1S/2C5H5N.2B/c2*1-2-4-6-5-3-1;;/h2*1-5H;;/q;;2*+3. The van der Waals surface area contributed by atoms with Crippen molar-refractivity contribution in [2.75, 3.05) is 0 Å². The van der Waals surface area contributed by atoms with E-state index in [0.29, 0.717) is 0 Å². The molecule has 0 spiro atoms. The molecular weight excluding hydrogens is 170 g/mol. The van der Waals surface area contributed by atoms with Crippen LogP contribution >= 0.6 is 0 Å². The van der Waals surface area contributed by atoms with Crippen LogP contribution in [0.3, 0.4) is 0 Å². The topological polar surface area (TPSA) is 25.8 Å². The van der Waals surface area contributed by atoms with Crippen molar-refractivity contribution < 1.29 is 0 Å². The van der Waals surface area contributed by atoms with E-state index in [2.05, 4.69) is 9.97 Å². The van der Waals surface area contributed by atoms with E-state index in [1.165, 1.54) is 0 Å². The third kappa shape index (κ3) is 8.53. The SMILES string of the molecule is [B+3].[B+3].c1ccncc1.c1ccncc1. The van der Waals surface area contributed by atoms with Gasteiger partial charge in [0.25, 0.3) is 0 Å². The van der Waals surface area contributed by atoms with E-state index in [4.69, 9.17) is 0 Å². The van der Waals surface area contributed by atoms with E-state index in [0.717, 1.165) is 0 Å². The second-order valence-corrected chi connectivity index (χ2v) is 2.05. The van der Waals surface area contributed by atoms with E-state index in [1.807, 2.05) is 36.4 Å². The minimum atomic E-state index is 0. The molecular formula is C10H10B2N2+6. The second-order valence-electron chi connectivity index (χ2n) is 2.05. The maximum atomic E-state index is 3.78. The summed E-state index contributed by atoms with van der Waals surface area (Å²) in [4.78, 5) is 7.57. The van der Waals surface area contributed by atoms with E-state index in [1.54, 1.807) is 24.8 Å². The fourth-order valence-electron chi connectivity index (χ4n) is 0.625. The first-order valence-electron chi connectivity index (χ1n) is 3.70. The van der Waals surface area contributed by atoms with Crippen LogP contribution in [0.15, 0.2) is 61.2 Å². The molecule has 0 aromatic carbocycles. The normalized spacial score (nSPS) is 6.86. The maximum absolute atomic E-state index is 3.78. The van der Waals surface area contributed by atoms with Gasteiger partial charge in [-0.05, 0) is 24.3 Å². The van der Waals surface area contributed by atoms with Gasteiger partial charge in [0.05, 0.1) is 0 Å². The molecule has 0 saturated carbocycles. The van der Waals surface area contributed by atoms with Gasteiger partial charge in [-0.25, -0.2) is 0 Å². The van der Waals surface area contributed by atoms with E-state index in [9.17, 15) is 0 Å². The van der Waals surface area contributed by atoms with E-state index in [-0.39, 0.29) is 16.8 Å². The number of nitrogens with zero attached hydrogens (tertiary/aromatic N) is 2. The minimum absolute atomic E-state index is 0. The first kappa shape index (κ1) is 14.9. The van der Waals surface area contributed by atoms with Gasteiger partial charge >= 0.3 is 16.8 Å².